The van der Waals surface area contributed by atoms with Crippen molar-refractivity contribution in [1.29, 1.82) is 0 Å². The van der Waals surface area contributed by atoms with Crippen molar-refractivity contribution in [2.45, 2.75) is 18.9 Å². The van der Waals surface area contributed by atoms with E-state index in [0.29, 0.717) is 29.9 Å². The second-order valence-corrected chi connectivity index (χ2v) is 6.34. The number of carbonyl (C=O) groups is 1. The highest BCUT2D eigenvalue weighted by molar-refractivity contribution is 6.32. The summed E-state index contributed by atoms with van der Waals surface area (Å²) < 4.78 is 10.8. The first-order chi connectivity index (χ1) is 12.7. The Bertz CT molecular complexity index is 780. The molecule has 1 aliphatic heterocycles. The highest BCUT2D eigenvalue weighted by atomic mass is 35.5. The van der Waals surface area contributed by atoms with E-state index in [1.807, 2.05) is 18.2 Å². The molecule has 7 heteroatoms. The van der Waals surface area contributed by atoms with Gasteiger partial charge in [0.2, 0.25) is 17.7 Å². The van der Waals surface area contributed by atoms with Crippen LogP contribution in [0.4, 0.5) is 0 Å². The molecule has 1 aliphatic rings. The van der Waals surface area contributed by atoms with Crippen LogP contribution in [0.15, 0.2) is 42.5 Å². The smallest absolute Gasteiger partial charge is 0.246 e. The van der Waals surface area contributed by atoms with Crippen LogP contribution in [-0.4, -0.2) is 47.3 Å². The molecule has 1 aromatic heterocycles. The average molecular weight is 374 g/mol. The Morgan fingerprint density at radius 1 is 1.23 bits per heavy atom. The number of carbonyl (C=O) groups excluding carboxylic acids is 1. The number of rotatable bonds is 5. The number of nitrogens with zero attached hydrogens (tertiary/aromatic N) is 3. The summed E-state index contributed by atoms with van der Waals surface area (Å²) >= 11 is 6.11. The molecular formula is C19H20ClN3O3. The molecule has 2 heterocycles. The standard InChI is InChI=1S/C19H20ClN3O3/c1-25-17-9-10-18(22-21-17)26-15-6-4-12-23(13-15)19(24)11-8-14-5-2-3-7-16(14)20/h2-3,5,7-11,15H,4,6,12-13H2,1H3/b11-8+. The first kappa shape index (κ1) is 18.2. The van der Waals surface area contributed by atoms with Gasteiger partial charge in [0.05, 0.1) is 13.7 Å². The van der Waals surface area contributed by atoms with E-state index in [9.17, 15) is 4.79 Å². The van der Waals surface area contributed by atoms with Crippen molar-refractivity contribution in [2.24, 2.45) is 0 Å². The van der Waals surface area contributed by atoms with Gasteiger partial charge in [0.25, 0.3) is 0 Å². The van der Waals surface area contributed by atoms with Gasteiger partial charge in [0.15, 0.2) is 0 Å². The number of aromatic nitrogens is 2. The van der Waals surface area contributed by atoms with Gasteiger partial charge in [-0.2, -0.15) is 0 Å². The Balaban J connectivity index is 1.58. The van der Waals surface area contributed by atoms with Crippen LogP contribution < -0.4 is 9.47 Å². The van der Waals surface area contributed by atoms with Crippen LogP contribution in [0, 0.1) is 0 Å². The summed E-state index contributed by atoms with van der Waals surface area (Å²) in [5, 5.41) is 8.48. The molecule has 1 atom stereocenters. The predicted molar refractivity (Wildman–Crippen MR) is 99.3 cm³/mol. The monoisotopic (exact) mass is 373 g/mol. The molecule has 0 N–H and O–H groups in total. The zero-order valence-corrected chi connectivity index (χ0v) is 15.2. The fraction of sp³-hybridized carbons (Fsp3) is 0.316. The predicted octanol–water partition coefficient (Wildman–Crippen LogP) is 3.22. The Kier molecular flexibility index (Phi) is 6.07. The van der Waals surface area contributed by atoms with E-state index in [0.717, 1.165) is 18.4 Å². The number of hydrogen-bond donors (Lipinski definition) is 0. The van der Waals surface area contributed by atoms with Gasteiger partial charge in [-0.25, -0.2) is 0 Å². The van der Waals surface area contributed by atoms with Crippen molar-refractivity contribution in [3.63, 3.8) is 0 Å². The van der Waals surface area contributed by atoms with E-state index in [-0.39, 0.29) is 12.0 Å². The number of halogens is 1. The lowest BCUT2D eigenvalue weighted by molar-refractivity contribution is -0.128. The lowest BCUT2D eigenvalue weighted by atomic mass is 10.1. The van der Waals surface area contributed by atoms with Gasteiger partial charge in [0.1, 0.15) is 6.10 Å². The van der Waals surface area contributed by atoms with Crippen LogP contribution in [-0.2, 0) is 4.79 Å². The van der Waals surface area contributed by atoms with E-state index in [1.54, 1.807) is 35.3 Å². The maximum Gasteiger partial charge on any atom is 0.246 e. The van der Waals surface area contributed by atoms with E-state index < -0.39 is 0 Å². The Labute approximate surface area is 157 Å². The van der Waals surface area contributed by atoms with Gasteiger partial charge < -0.3 is 14.4 Å². The van der Waals surface area contributed by atoms with Crippen LogP contribution in [0.2, 0.25) is 5.02 Å². The number of benzene rings is 1. The van der Waals surface area contributed by atoms with Gasteiger partial charge in [-0.05, 0) is 30.5 Å². The Morgan fingerprint density at radius 2 is 2.00 bits per heavy atom. The molecule has 26 heavy (non-hydrogen) atoms. The minimum absolute atomic E-state index is 0.0564. The maximum absolute atomic E-state index is 12.5. The average Bonchev–Trinajstić information content (AvgIpc) is 2.68. The molecule has 6 nitrogen and oxygen atoms in total. The zero-order chi connectivity index (χ0) is 18.4. The third-order valence-corrected chi connectivity index (χ3v) is 4.46. The van der Waals surface area contributed by atoms with E-state index in [4.69, 9.17) is 21.1 Å². The number of hydrogen-bond acceptors (Lipinski definition) is 5. The lowest BCUT2D eigenvalue weighted by Gasteiger charge is -2.31. The molecule has 0 aliphatic carbocycles. The van der Waals surface area contributed by atoms with Gasteiger partial charge >= 0.3 is 0 Å². The van der Waals surface area contributed by atoms with Crippen LogP contribution in [0.5, 0.6) is 11.8 Å². The van der Waals surface area contributed by atoms with Gasteiger partial charge in [0, 0.05) is 29.8 Å². The third kappa shape index (κ3) is 4.73. The first-order valence-corrected chi connectivity index (χ1v) is 8.79. The maximum atomic E-state index is 12.5. The molecule has 0 spiro atoms. The molecule has 1 amide bonds. The SMILES string of the molecule is COc1ccc(OC2CCCN(C(=O)/C=C/c3ccccc3Cl)C2)nn1. The second-order valence-electron chi connectivity index (χ2n) is 5.94. The van der Waals surface area contributed by atoms with Crippen molar-refractivity contribution < 1.29 is 14.3 Å². The van der Waals surface area contributed by atoms with Crippen molar-refractivity contribution >= 4 is 23.6 Å². The molecule has 1 fully saturated rings. The van der Waals surface area contributed by atoms with Gasteiger partial charge in [-0.1, -0.05) is 29.8 Å². The minimum atomic E-state index is -0.107. The number of piperidine rings is 1. The molecular weight excluding hydrogens is 354 g/mol. The summed E-state index contributed by atoms with van der Waals surface area (Å²) in [6.45, 7) is 1.22. The summed E-state index contributed by atoms with van der Waals surface area (Å²) in [6.07, 6.45) is 4.93. The fourth-order valence-corrected chi connectivity index (χ4v) is 2.96. The largest absolute Gasteiger partial charge is 0.480 e. The molecule has 0 radical (unpaired) electrons. The Hall–Kier alpha value is -2.60. The molecule has 0 saturated carbocycles. The summed E-state index contributed by atoms with van der Waals surface area (Å²) in [5.74, 6) is 0.804. The summed E-state index contributed by atoms with van der Waals surface area (Å²) in [7, 11) is 1.53. The fourth-order valence-electron chi connectivity index (χ4n) is 2.76. The van der Waals surface area contributed by atoms with Crippen molar-refractivity contribution in [3.8, 4) is 11.8 Å². The summed E-state index contributed by atoms with van der Waals surface area (Å²) in [6, 6.07) is 10.8. The number of likely N-dealkylation sites (tertiary alicyclic amines) is 1. The van der Waals surface area contributed by atoms with Crippen molar-refractivity contribution in [2.75, 3.05) is 20.2 Å². The first-order valence-electron chi connectivity index (χ1n) is 8.41. The van der Waals surface area contributed by atoms with E-state index in [2.05, 4.69) is 10.2 Å². The number of ether oxygens (including phenoxy) is 2. The van der Waals surface area contributed by atoms with Crippen LogP contribution >= 0.6 is 11.6 Å². The molecule has 3 rings (SSSR count). The Morgan fingerprint density at radius 3 is 2.73 bits per heavy atom. The third-order valence-electron chi connectivity index (χ3n) is 4.11. The van der Waals surface area contributed by atoms with Crippen LogP contribution in [0.25, 0.3) is 6.08 Å². The number of methoxy groups -OCH3 is 1. The van der Waals surface area contributed by atoms with Crippen LogP contribution in [0.3, 0.4) is 0 Å². The quantitative estimate of drug-likeness (QED) is 0.753. The zero-order valence-electron chi connectivity index (χ0n) is 14.5. The highest BCUT2D eigenvalue weighted by Crippen LogP contribution is 2.19. The van der Waals surface area contributed by atoms with E-state index in [1.165, 1.54) is 7.11 Å². The van der Waals surface area contributed by atoms with Crippen molar-refractivity contribution in [1.82, 2.24) is 15.1 Å². The van der Waals surface area contributed by atoms with Crippen molar-refractivity contribution in [3.05, 3.63) is 53.1 Å². The normalized spacial score (nSPS) is 17.3. The number of amides is 1. The van der Waals surface area contributed by atoms with E-state index >= 15 is 0 Å². The molecule has 1 aromatic carbocycles. The highest BCUT2D eigenvalue weighted by Gasteiger charge is 2.24. The molecule has 136 valence electrons. The van der Waals surface area contributed by atoms with Gasteiger partial charge in [-0.3, -0.25) is 4.79 Å². The molecule has 1 saturated heterocycles. The molecule has 0 bridgehead atoms. The lowest BCUT2D eigenvalue weighted by Crippen LogP contribution is -2.43. The summed E-state index contributed by atoms with van der Waals surface area (Å²) in [5.41, 5.74) is 0.820. The van der Waals surface area contributed by atoms with Gasteiger partial charge in [-0.15, -0.1) is 10.2 Å². The molecule has 2 aromatic rings. The summed E-state index contributed by atoms with van der Waals surface area (Å²) in [4.78, 5) is 14.2. The topological polar surface area (TPSA) is 64.6 Å². The minimum Gasteiger partial charge on any atom is -0.480 e. The molecule has 1 unspecified atom stereocenters. The second kappa shape index (κ2) is 8.67. The van der Waals surface area contributed by atoms with Crippen LogP contribution in [0.1, 0.15) is 18.4 Å².